The Labute approximate surface area is 271 Å². The van der Waals surface area contributed by atoms with Crippen LogP contribution in [0.4, 0.5) is 9.59 Å². The lowest BCUT2D eigenvalue weighted by molar-refractivity contribution is -0.150. The largest absolute Gasteiger partial charge is 0.481 e. The molecule has 2 heterocycles. The second kappa shape index (κ2) is 14.2. The standard InChI is InChI=1S/C18H30N2O3.C18H30N2O2/c1-19(2)17(23)20-11-14-9-18(16(21)22,10-15(14)12-20)8-13-6-4-3-5-7-13;1-19(2)17(22)20-11-15-9-18(13-21,10-16(15)12-20)8-14-6-4-3-5-7-14/h13-15H,3-12H2,1-2H3,(H,21,22);13-16H,3-12H2,1-2H3. The number of urea groups is 2. The molecule has 4 atom stereocenters. The predicted molar refractivity (Wildman–Crippen MR) is 175 cm³/mol. The zero-order valence-corrected chi connectivity index (χ0v) is 28.6. The number of nitrogens with zero attached hydrogens (tertiary/aromatic N) is 4. The molecule has 45 heavy (non-hydrogen) atoms. The normalized spacial score (nSPS) is 34.9. The summed E-state index contributed by atoms with van der Waals surface area (Å²) in [6.07, 6.45) is 19.7. The summed E-state index contributed by atoms with van der Waals surface area (Å²) in [6, 6.07) is 0.186. The second-order valence-electron chi connectivity index (χ2n) is 16.5. The van der Waals surface area contributed by atoms with Crippen molar-refractivity contribution in [2.24, 2.45) is 46.3 Å². The van der Waals surface area contributed by atoms with Crippen LogP contribution >= 0.6 is 0 Å². The van der Waals surface area contributed by atoms with Crippen molar-refractivity contribution in [3.8, 4) is 0 Å². The van der Waals surface area contributed by atoms with Crippen molar-refractivity contribution in [2.45, 2.75) is 103 Å². The molecule has 0 spiro atoms. The summed E-state index contributed by atoms with van der Waals surface area (Å²) in [5.74, 6) is 2.59. The molecule has 2 aliphatic heterocycles. The Morgan fingerprint density at radius 3 is 1.38 bits per heavy atom. The number of carbonyl (C=O) groups is 4. The van der Waals surface area contributed by atoms with Gasteiger partial charge in [-0.05, 0) is 74.0 Å². The average Bonchev–Trinajstić information content (AvgIpc) is 3.76. The predicted octanol–water partition coefficient (Wildman–Crippen LogP) is 6.22. The third kappa shape index (κ3) is 7.64. The number of amides is 4. The van der Waals surface area contributed by atoms with E-state index in [1.165, 1.54) is 70.5 Å². The highest BCUT2D eigenvalue weighted by molar-refractivity contribution is 5.76. The average molecular weight is 629 g/mol. The Morgan fingerprint density at radius 1 is 0.644 bits per heavy atom. The fourth-order valence-electron chi connectivity index (χ4n) is 10.5. The molecule has 254 valence electrons. The van der Waals surface area contributed by atoms with Gasteiger partial charge in [0.1, 0.15) is 6.29 Å². The van der Waals surface area contributed by atoms with Crippen molar-refractivity contribution >= 4 is 24.3 Å². The first-order valence-corrected chi connectivity index (χ1v) is 18.1. The zero-order chi connectivity index (χ0) is 32.4. The molecule has 4 aliphatic carbocycles. The number of aliphatic carboxylic acids is 1. The van der Waals surface area contributed by atoms with E-state index in [2.05, 4.69) is 0 Å². The number of rotatable bonds is 6. The monoisotopic (exact) mass is 628 g/mol. The highest BCUT2D eigenvalue weighted by Crippen LogP contribution is 2.54. The third-order valence-electron chi connectivity index (χ3n) is 12.6. The lowest BCUT2D eigenvalue weighted by Crippen LogP contribution is -2.40. The lowest BCUT2D eigenvalue weighted by atomic mass is 9.72. The van der Waals surface area contributed by atoms with E-state index in [4.69, 9.17) is 0 Å². The van der Waals surface area contributed by atoms with Crippen LogP contribution in [0.3, 0.4) is 0 Å². The maximum atomic E-state index is 12.1. The molecule has 0 aromatic rings. The summed E-state index contributed by atoms with van der Waals surface area (Å²) < 4.78 is 0. The SMILES string of the molecule is CN(C)C(=O)N1CC2CC(C=O)(CC3CCCCC3)CC2C1.CN(C)C(=O)N1CC2CC(CC3CCCCC3)(C(=O)O)CC2C1. The number of fused-ring (bicyclic) bond motifs is 2. The van der Waals surface area contributed by atoms with Gasteiger partial charge in [-0.2, -0.15) is 0 Å². The Hall–Kier alpha value is -2.32. The fraction of sp³-hybridized carbons (Fsp3) is 0.889. The molecular formula is C36H60N4O5. The fourth-order valence-corrected chi connectivity index (χ4v) is 10.5. The van der Waals surface area contributed by atoms with Crippen molar-refractivity contribution < 1.29 is 24.3 Å². The minimum atomic E-state index is -0.594. The highest BCUT2D eigenvalue weighted by atomic mass is 16.4. The van der Waals surface area contributed by atoms with E-state index < -0.39 is 11.4 Å². The minimum Gasteiger partial charge on any atom is -0.481 e. The first kappa shape index (κ1) is 34.0. The van der Waals surface area contributed by atoms with Gasteiger partial charge in [0.15, 0.2) is 0 Å². The molecule has 2 saturated heterocycles. The van der Waals surface area contributed by atoms with E-state index in [1.807, 2.05) is 23.9 Å². The van der Waals surface area contributed by atoms with E-state index in [0.717, 1.165) is 70.6 Å². The van der Waals surface area contributed by atoms with Gasteiger partial charge in [-0.3, -0.25) is 4.79 Å². The van der Waals surface area contributed by atoms with Crippen molar-refractivity contribution in [2.75, 3.05) is 54.4 Å². The Balaban J connectivity index is 0.000000178. The molecule has 4 amide bonds. The highest BCUT2D eigenvalue weighted by Gasteiger charge is 2.54. The Kier molecular flexibility index (Phi) is 10.7. The molecule has 9 heteroatoms. The van der Waals surface area contributed by atoms with Gasteiger partial charge in [-0.15, -0.1) is 0 Å². The van der Waals surface area contributed by atoms with Crippen LogP contribution in [0.5, 0.6) is 0 Å². The molecule has 4 saturated carbocycles. The van der Waals surface area contributed by atoms with E-state index in [1.54, 1.807) is 23.9 Å². The number of hydrogen-bond donors (Lipinski definition) is 1. The second-order valence-corrected chi connectivity index (χ2v) is 16.5. The minimum absolute atomic E-state index is 0.0626. The first-order valence-electron chi connectivity index (χ1n) is 18.1. The summed E-state index contributed by atoms with van der Waals surface area (Å²) in [5.41, 5.74) is -0.602. The Bertz CT molecular complexity index is 1040. The molecule has 0 bridgehead atoms. The number of carbonyl (C=O) groups excluding carboxylic acids is 3. The van der Waals surface area contributed by atoms with Crippen LogP contribution < -0.4 is 0 Å². The van der Waals surface area contributed by atoms with Crippen LogP contribution in [-0.2, 0) is 9.59 Å². The summed E-state index contributed by atoms with van der Waals surface area (Å²) >= 11 is 0. The molecule has 6 aliphatic rings. The Morgan fingerprint density at radius 2 is 1.02 bits per heavy atom. The quantitative estimate of drug-likeness (QED) is 0.352. The van der Waals surface area contributed by atoms with Gasteiger partial charge in [0.05, 0.1) is 5.41 Å². The molecule has 0 aromatic carbocycles. The van der Waals surface area contributed by atoms with Crippen LogP contribution in [0.2, 0.25) is 0 Å². The van der Waals surface area contributed by atoms with E-state index >= 15 is 0 Å². The van der Waals surface area contributed by atoms with Crippen molar-refractivity contribution in [3.63, 3.8) is 0 Å². The van der Waals surface area contributed by atoms with Crippen LogP contribution in [0.25, 0.3) is 0 Å². The maximum absolute atomic E-state index is 12.1. The van der Waals surface area contributed by atoms with Crippen molar-refractivity contribution in [3.05, 3.63) is 0 Å². The molecule has 0 radical (unpaired) electrons. The molecule has 0 aromatic heterocycles. The molecule has 6 fully saturated rings. The maximum Gasteiger partial charge on any atom is 0.319 e. The molecular weight excluding hydrogens is 568 g/mol. The smallest absolute Gasteiger partial charge is 0.319 e. The van der Waals surface area contributed by atoms with Gasteiger partial charge in [0.2, 0.25) is 0 Å². The number of likely N-dealkylation sites (tertiary alicyclic amines) is 2. The molecule has 9 nitrogen and oxygen atoms in total. The van der Waals surface area contributed by atoms with Crippen LogP contribution in [-0.4, -0.2) is 103 Å². The van der Waals surface area contributed by atoms with Gasteiger partial charge in [0.25, 0.3) is 0 Å². The lowest BCUT2D eigenvalue weighted by Gasteiger charge is -2.33. The number of carboxylic acid groups (broad SMARTS) is 1. The number of carboxylic acids is 1. The zero-order valence-electron chi connectivity index (χ0n) is 28.6. The summed E-state index contributed by atoms with van der Waals surface area (Å²) in [5, 5.41) is 9.92. The van der Waals surface area contributed by atoms with E-state index in [0.29, 0.717) is 29.6 Å². The van der Waals surface area contributed by atoms with Gasteiger partial charge in [-0.25, -0.2) is 9.59 Å². The summed E-state index contributed by atoms with van der Waals surface area (Å²) in [4.78, 5) is 55.3. The summed E-state index contributed by atoms with van der Waals surface area (Å²) in [6.45, 7) is 3.17. The van der Waals surface area contributed by atoms with Gasteiger partial charge >= 0.3 is 18.0 Å². The first-order chi connectivity index (χ1) is 21.4. The topological polar surface area (TPSA) is 101 Å². The molecule has 6 rings (SSSR count). The van der Waals surface area contributed by atoms with Gasteiger partial charge in [0, 0.05) is 59.8 Å². The van der Waals surface area contributed by atoms with Crippen molar-refractivity contribution in [1.29, 1.82) is 0 Å². The molecule has 1 N–H and O–H groups in total. The van der Waals surface area contributed by atoms with E-state index in [9.17, 15) is 24.3 Å². The third-order valence-corrected chi connectivity index (χ3v) is 12.6. The number of aldehydes is 1. The molecule has 4 unspecified atom stereocenters. The van der Waals surface area contributed by atoms with Gasteiger partial charge in [-0.1, -0.05) is 64.2 Å². The van der Waals surface area contributed by atoms with Gasteiger partial charge < -0.3 is 29.5 Å². The van der Waals surface area contributed by atoms with Crippen LogP contribution in [0.15, 0.2) is 0 Å². The van der Waals surface area contributed by atoms with Crippen LogP contribution in [0.1, 0.15) is 103 Å². The van der Waals surface area contributed by atoms with E-state index in [-0.39, 0.29) is 17.5 Å². The summed E-state index contributed by atoms with van der Waals surface area (Å²) in [7, 11) is 7.19. The van der Waals surface area contributed by atoms with Crippen molar-refractivity contribution in [1.82, 2.24) is 19.6 Å². The number of hydrogen-bond acceptors (Lipinski definition) is 4. The van der Waals surface area contributed by atoms with Crippen LogP contribution in [0, 0.1) is 46.3 Å².